The predicted molar refractivity (Wildman–Crippen MR) is 112 cm³/mol. The number of nitrogens with one attached hydrogen (secondary N) is 3. The maximum absolute atomic E-state index is 13.1. The molecule has 0 bridgehead atoms. The smallest absolute Gasteiger partial charge is 0.276 e. The van der Waals surface area contributed by atoms with Crippen molar-refractivity contribution >= 4 is 27.5 Å². The standard InChI is InChI=1S/C20H24ClFN4O4S/c21-16-11-15(22)2-1-14(16)12-23-20(27)13-6-9-26(10-7-13)31(28,29)19-4-3-18(30-19)17-5-8-24-25-17/h1-4,11,13,17,24-25H,5-10,12H2,(H,23,27). The van der Waals surface area contributed by atoms with E-state index in [0.717, 1.165) is 13.0 Å². The van der Waals surface area contributed by atoms with E-state index >= 15 is 0 Å². The molecule has 8 nitrogen and oxygen atoms in total. The van der Waals surface area contributed by atoms with Crippen LogP contribution in [0.1, 0.15) is 36.6 Å². The molecule has 0 saturated carbocycles. The van der Waals surface area contributed by atoms with Crippen LogP contribution in [0.5, 0.6) is 0 Å². The molecule has 0 aliphatic carbocycles. The number of nitrogens with zero attached hydrogens (tertiary/aromatic N) is 1. The van der Waals surface area contributed by atoms with Crippen LogP contribution in [0.3, 0.4) is 0 Å². The number of carbonyl (C=O) groups is 1. The maximum Gasteiger partial charge on any atom is 0.276 e. The fourth-order valence-electron chi connectivity index (χ4n) is 3.84. The van der Waals surface area contributed by atoms with E-state index in [0.29, 0.717) is 24.2 Å². The van der Waals surface area contributed by atoms with Gasteiger partial charge in [-0.3, -0.25) is 10.2 Å². The third-order valence-electron chi connectivity index (χ3n) is 5.67. The van der Waals surface area contributed by atoms with E-state index < -0.39 is 15.8 Å². The molecule has 2 saturated heterocycles. The van der Waals surface area contributed by atoms with Crippen LogP contribution in [-0.4, -0.2) is 38.3 Å². The highest BCUT2D eigenvalue weighted by Gasteiger charge is 2.34. The molecule has 168 valence electrons. The van der Waals surface area contributed by atoms with Crippen molar-refractivity contribution in [1.82, 2.24) is 20.5 Å². The van der Waals surface area contributed by atoms with Gasteiger partial charge in [-0.2, -0.15) is 4.31 Å². The summed E-state index contributed by atoms with van der Waals surface area (Å²) in [7, 11) is -3.75. The monoisotopic (exact) mass is 470 g/mol. The van der Waals surface area contributed by atoms with E-state index in [2.05, 4.69) is 16.2 Å². The Kier molecular flexibility index (Phi) is 6.63. The summed E-state index contributed by atoms with van der Waals surface area (Å²) in [6.07, 6.45) is 1.63. The number of furan rings is 1. The van der Waals surface area contributed by atoms with Gasteiger partial charge in [-0.1, -0.05) is 17.7 Å². The molecule has 1 aromatic carbocycles. The van der Waals surface area contributed by atoms with Crippen LogP contribution >= 0.6 is 11.6 Å². The van der Waals surface area contributed by atoms with Crippen molar-refractivity contribution in [2.45, 2.75) is 36.9 Å². The predicted octanol–water partition coefficient (Wildman–Crippen LogP) is 2.33. The molecule has 2 aliphatic rings. The van der Waals surface area contributed by atoms with Gasteiger partial charge in [-0.25, -0.2) is 18.2 Å². The normalized spacial score (nSPS) is 20.8. The minimum atomic E-state index is -3.75. The van der Waals surface area contributed by atoms with Crippen LogP contribution in [0.2, 0.25) is 5.02 Å². The number of rotatable bonds is 6. The summed E-state index contributed by atoms with van der Waals surface area (Å²) in [5.41, 5.74) is 6.66. The van der Waals surface area contributed by atoms with Gasteiger partial charge < -0.3 is 9.73 Å². The summed E-state index contributed by atoms with van der Waals surface area (Å²) in [5.74, 6) is -0.324. The Bertz CT molecular complexity index is 1050. The Hall–Kier alpha value is -1.98. The molecular formula is C20H24ClFN4O4S. The van der Waals surface area contributed by atoms with Crippen LogP contribution in [0.25, 0.3) is 0 Å². The first-order chi connectivity index (χ1) is 14.8. The highest BCUT2D eigenvalue weighted by Crippen LogP contribution is 2.28. The van der Waals surface area contributed by atoms with E-state index in [1.165, 1.54) is 28.6 Å². The van der Waals surface area contributed by atoms with Crippen molar-refractivity contribution in [1.29, 1.82) is 0 Å². The molecule has 2 aliphatic heterocycles. The van der Waals surface area contributed by atoms with Crippen molar-refractivity contribution in [2.24, 2.45) is 5.92 Å². The minimum Gasteiger partial charge on any atom is -0.447 e. The average molecular weight is 471 g/mol. The van der Waals surface area contributed by atoms with E-state index in [-0.39, 0.29) is 47.6 Å². The maximum atomic E-state index is 13.1. The second-order valence-corrected chi connectivity index (χ2v) is 9.98. The number of amides is 1. The highest BCUT2D eigenvalue weighted by molar-refractivity contribution is 7.89. The summed E-state index contributed by atoms with van der Waals surface area (Å²) in [4.78, 5) is 12.5. The zero-order chi connectivity index (χ0) is 22.0. The van der Waals surface area contributed by atoms with Crippen molar-refractivity contribution in [3.63, 3.8) is 0 Å². The molecule has 1 amide bonds. The molecule has 0 spiro atoms. The molecule has 4 rings (SSSR count). The molecule has 3 heterocycles. The highest BCUT2D eigenvalue weighted by atomic mass is 35.5. The lowest BCUT2D eigenvalue weighted by Gasteiger charge is -2.29. The van der Waals surface area contributed by atoms with Crippen molar-refractivity contribution in [2.75, 3.05) is 19.6 Å². The Morgan fingerprint density at radius 2 is 2.00 bits per heavy atom. The molecule has 11 heteroatoms. The van der Waals surface area contributed by atoms with Gasteiger partial charge in [0.05, 0.1) is 6.04 Å². The number of hydrogen-bond donors (Lipinski definition) is 3. The summed E-state index contributed by atoms with van der Waals surface area (Å²) in [5, 5.41) is 2.98. The second-order valence-electron chi connectivity index (χ2n) is 7.70. The molecular weight excluding hydrogens is 447 g/mol. The van der Waals surface area contributed by atoms with E-state index in [1.54, 1.807) is 6.07 Å². The summed E-state index contributed by atoms with van der Waals surface area (Å²) in [6.45, 7) is 1.44. The van der Waals surface area contributed by atoms with Gasteiger partial charge in [-0.05, 0) is 49.1 Å². The largest absolute Gasteiger partial charge is 0.447 e. The summed E-state index contributed by atoms with van der Waals surface area (Å²) >= 11 is 5.99. The van der Waals surface area contributed by atoms with Crippen LogP contribution in [-0.2, 0) is 21.4 Å². The number of halogens is 2. The summed E-state index contributed by atoms with van der Waals surface area (Å²) < 4.78 is 45.9. The molecule has 2 aromatic rings. The fourth-order valence-corrected chi connectivity index (χ4v) is 5.46. The number of sulfonamides is 1. The number of hydrazine groups is 1. The first-order valence-corrected chi connectivity index (χ1v) is 12.0. The van der Waals surface area contributed by atoms with Gasteiger partial charge in [0, 0.05) is 37.1 Å². The average Bonchev–Trinajstić information content (AvgIpc) is 3.45. The van der Waals surface area contributed by atoms with E-state index in [4.69, 9.17) is 16.0 Å². The molecule has 1 atom stereocenters. The Balaban J connectivity index is 1.31. The van der Waals surface area contributed by atoms with Crippen molar-refractivity contribution in [3.05, 3.63) is 52.5 Å². The Labute approximate surface area is 185 Å². The summed E-state index contributed by atoms with van der Waals surface area (Å²) in [6, 6.07) is 7.13. The Morgan fingerprint density at radius 1 is 1.23 bits per heavy atom. The molecule has 3 N–H and O–H groups in total. The third-order valence-corrected chi connectivity index (χ3v) is 7.79. The molecule has 1 unspecified atom stereocenters. The van der Waals surface area contributed by atoms with Gasteiger partial charge in [0.15, 0.2) is 0 Å². The zero-order valence-corrected chi connectivity index (χ0v) is 18.3. The van der Waals surface area contributed by atoms with Crippen LogP contribution in [0.4, 0.5) is 4.39 Å². The van der Waals surface area contributed by atoms with Gasteiger partial charge in [0.25, 0.3) is 10.0 Å². The number of piperidine rings is 1. The van der Waals surface area contributed by atoms with Crippen LogP contribution in [0.15, 0.2) is 39.8 Å². The van der Waals surface area contributed by atoms with Gasteiger partial charge in [-0.15, -0.1) is 0 Å². The Morgan fingerprint density at radius 3 is 2.68 bits per heavy atom. The molecule has 0 radical (unpaired) electrons. The molecule has 2 fully saturated rings. The number of benzene rings is 1. The number of hydrogen-bond acceptors (Lipinski definition) is 6. The van der Waals surface area contributed by atoms with E-state index in [9.17, 15) is 17.6 Å². The lowest BCUT2D eigenvalue weighted by molar-refractivity contribution is -0.126. The lowest BCUT2D eigenvalue weighted by atomic mass is 9.97. The van der Waals surface area contributed by atoms with Gasteiger partial charge in [0.2, 0.25) is 11.0 Å². The first-order valence-electron chi connectivity index (χ1n) is 10.1. The van der Waals surface area contributed by atoms with Crippen molar-refractivity contribution in [3.8, 4) is 0 Å². The van der Waals surface area contributed by atoms with Crippen molar-refractivity contribution < 1.29 is 22.0 Å². The number of carbonyl (C=O) groups excluding carboxylic acids is 1. The van der Waals surface area contributed by atoms with Gasteiger partial charge in [0.1, 0.15) is 11.6 Å². The second kappa shape index (κ2) is 9.25. The zero-order valence-electron chi connectivity index (χ0n) is 16.7. The lowest BCUT2D eigenvalue weighted by Crippen LogP contribution is -2.42. The SMILES string of the molecule is O=C(NCc1ccc(F)cc1Cl)C1CCN(S(=O)(=O)c2ccc(C3CCNN3)o2)CC1. The molecule has 31 heavy (non-hydrogen) atoms. The quantitative estimate of drug-likeness (QED) is 0.598. The first kappa shape index (κ1) is 22.2. The third kappa shape index (κ3) is 4.93. The van der Waals surface area contributed by atoms with E-state index in [1.807, 2.05) is 0 Å². The minimum absolute atomic E-state index is 0.0482. The fraction of sp³-hybridized carbons (Fsp3) is 0.450. The van der Waals surface area contributed by atoms with Crippen LogP contribution in [0, 0.1) is 11.7 Å². The van der Waals surface area contributed by atoms with Crippen LogP contribution < -0.4 is 16.2 Å². The topological polar surface area (TPSA) is 104 Å². The molecule has 1 aromatic heterocycles. The van der Waals surface area contributed by atoms with Gasteiger partial charge >= 0.3 is 0 Å².